The van der Waals surface area contributed by atoms with Crippen LogP contribution in [0.25, 0.3) is 0 Å². The van der Waals surface area contributed by atoms with E-state index in [4.69, 9.17) is 28.4 Å². The number of hydrogen-bond donors (Lipinski definition) is 12. The van der Waals surface area contributed by atoms with Crippen LogP contribution in [-0.2, 0) is 33.2 Å². The minimum atomic E-state index is -1.97. The number of rotatable bonds is 76. The van der Waals surface area contributed by atoms with Crippen molar-refractivity contribution in [2.24, 2.45) is 0 Å². The Morgan fingerprint density at radius 1 is 0.330 bits per heavy atom. The molecule has 19 heteroatoms. The molecular formula is C93H171NO18. The van der Waals surface area contributed by atoms with E-state index >= 15 is 0 Å². The summed E-state index contributed by atoms with van der Waals surface area (Å²) in [6, 6.07) is -0.890. The fourth-order valence-corrected chi connectivity index (χ4v) is 15.8. The Bertz CT molecular complexity index is 2250. The quantitative estimate of drug-likeness (QED) is 0.0199. The van der Waals surface area contributed by atoms with Gasteiger partial charge in [0.25, 0.3) is 0 Å². The molecule has 19 nitrogen and oxygen atoms in total. The van der Waals surface area contributed by atoms with Crippen LogP contribution < -0.4 is 5.32 Å². The number of allylic oxidation sites excluding steroid dienone is 10. The Balaban J connectivity index is 1.31. The van der Waals surface area contributed by atoms with Crippen LogP contribution in [0.5, 0.6) is 0 Å². The van der Waals surface area contributed by atoms with E-state index in [2.05, 4.69) is 79.9 Å². The summed E-state index contributed by atoms with van der Waals surface area (Å²) in [5.41, 5.74) is 0. The van der Waals surface area contributed by atoms with Crippen LogP contribution in [0.2, 0.25) is 0 Å². The highest BCUT2D eigenvalue weighted by molar-refractivity contribution is 5.76. The monoisotopic (exact) mass is 1590 g/mol. The second-order valence-corrected chi connectivity index (χ2v) is 33.1. The predicted molar refractivity (Wildman–Crippen MR) is 452 cm³/mol. The summed E-state index contributed by atoms with van der Waals surface area (Å²) in [6.07, 6.45) is 69.1. The molecule has 0 radical (unpaired) electrons. The van der Waals surface area contributed by atoms with Crippen LogP contribution in [0.4, 0.5) is 0 Å². The van der Waals surface area contributed by atoms with Crippen molar-refractivity contribution >= 4 is 5.91 Å². The second-order valence-electron chi connectivity index (χ2n) is 33.1. The van der Waals surface area contributed by atoms with Crippen molar-refractivity contribution in [1.29, 1.82) is 0 Å². The van der Waals surface area contributed by atoms with Crippen molar-refractivity contribution in [2.45, 2.75) is 497 Å². The Labute approximate surface area is 681 Å². The molecule has 17 unspecified atom stereocenters. The van der Waals surface area contributed by atoms with Gasteiger partial charge in [0.05, 0.1) is 38.6 Å². The predicted octanol–water partition coefficient (Wildman–Crippen LogP) is 18.1. The van der Waals surface area contributed by atoms with E-state index in [1.54, 1.807) is 0 Å². The van der Waals surface area contributed by atoms with Crippen LogP contribution in [0.15, 0.2) is 60.8 Å². The molecule has 0 aromatic carbocycles. The largest absolute Gasteiger partial charge is 0.394 e. The lowest BCUT2D eigenvalue weighted by Crippen LogP contribution is -2.66. The van der Waals surface area contributed by atoms with Crippen molar-refractivity contribution in [3.63, 3.8) is 0 Å². The van der Waals surface area contributed by atoms with Crippen LogP contribution in [0, 0.1) is 0 Å². The zero-order chi connectivity index (χ0) is 81.0. The zero-order valence-electron chi connectivity index (χ0n) is 70.9. The molecule has 656 valence electrons. The van der Waals surface area contributed by atoms with Crippen LogP contribution in [0.1, 0.15) is 393 Å². The highest BCUT2D eigenvalue weighted by Gasteiger charge is 2.54. The van der Waals surface area contributed by atoms with Gasteiger partial charge in [-0.05, 0) is 57.8 Å². The smallest absolute Gasteiger partial charge is 0.220 e. The fraction of sp³-hybridized carbons (Fsp3) is 0.882. The third kappa shape index (κ3) is 50.4. The Morgan fingerprint density at radius 2 is 0.616 bits per heavy atom. The first-order chi connectivity index (χ1) is 54.8. The number of aliphatic hydroxyl groups excluding tert-OH is 11. The summed E-state index contributed by atoms with van der Waals surface area (Å²) in [5.74, 6) is -0.236. The van der Waals surface area contributed by atoms with Gasteiger partial charge in [-0.3, -0.25) is 4.79 Å². The van der Waals surface area contributed by atoms with Gasteiger partial charge in [-0.1, -0.05) is 389 Å². The molecular weight excluding hydrogens is 1420 g/mol. The molecule has 1 amide bonds. The van der Waals surface area contributed by atoms with Crippen molar-refractivity contribution in [3.05, 3.63) is 60.8 Å². The normalized spacial score (nSPS) is 25.2. The third-order valence-electron chi connectivity index (χ3n) is 23.1. The van der Waals surface area contributed by atoms with Crippen molar-refractivity contribution in [2.75, 3.05) is 26.4 Å². The highest BCUT2D eigenvalue weighted by atomic mass is 16.8. The summed E-state index contributed by atoms with van der Waals surface area (Å²) in [5, 5.41) is 121. The van der Waals surface area contributed by atoms with Gasteiger partial charge in [-0.2, -0.15) is 0 Å². The zero-order valence-corrected chi connectivity index (χ0v) is 70.9. The van der Waals surface area contributed by atoms with Crippen LogP contribution in [0.3, 0.4) is 0 Å². The average Bonchev–Trinajstić information content (AvgIpc) is 0.782. The SMILES string of the molecule is CC/C=C\C/C=C\C/C=C\C/C=C\C/C=C\CCCCCCCCCCCCCCCCCCCCCC(=O)NC(COC1OC(CO)C(OC2OC(CO)C(OC3OC(CO)C(O)C(O)C3O)C(O)C2O)C(O)C1O)C(O)CCCCCCCCCCCCCCCCCCCCCCCCCCCCCCCCCC. The number of aliphatic hydroxyl groups is 11. The standard InChI is InChI=1S/C93H171NO18/c1-3-5-7-9-11-13-15-17-19-21-23-25-27-29-31-33-35-37-38-39-41-43-45-47-49-51-53-55-57-59-61-63-65-67-69-71-81(99)94-76(77(98)70-68-66-64-62-60-58-56-54-52-50-48-46-44-42-40-36-34-32-30-28-26-24-22-20-18-16-14-12-10-8-6-4-2)75-107-91-87(105)84(102)89(79(73-96)109-91)112-93-88(106)85(103)90(80(74-97)110-93)111-92-86(104)83(101)82(100)78(72-95)108-92/h5,7,11,13,17,19,23,25,29,31,76-80,82-93,95-98,100-106H,3-4,6,8-10,12,14-16,18,20-22,24,26-28,30,32-75H2,1-2H3,(H,94,99)/b7-5-,13-11-,19-17-,25-23-,31-29-. The first-order valence-electron chi connectivity index (χ1n) is 46.5. The second kappa shape index (κ2) is 72.5. The number of nitrogens with one attached hydrogen (secondary N) is 1. The van der Waals surface area contributed by atoms with Crippen molar-refractivity contribution in [3.8, 4) is 0 Å². The molecule has 0 aromatic rings. The van der Waals surface area contributed by atoms with E-state index in [0.717, 1.165) is 77.0 Å². The van der Waals surface area contributed by atoms with Gasteiger partial charge in [-0.25, -0.2) is 0 Å². The lowest BCUT2D eigenvalue weighted by atomic mass is 9.96. The van der Waals surface area contributed by atoms with Crippen LogP contribution >= 0.6 is 0 Å². The van der Waals surface area contributed by atoms with E-state index < -0.39 is 124 Å². The first-order valence-corrected chi connectivity index (χ1v) is 46.5. The molecule has 0 aromatic heterocycles. The maximum absolute atomic E-state index is 13.6. The van der Waals surface area contributed by atoms with Crippen molar-refractivity contribution in [1.82, 2.24) is 5.32 Å². The van der Waals surface area contributed by atoms with Gasteiger partial charge in [-0.15, -0.1) is 0 Å². The minimum Gasteiger partial charge on any atom is -0.394 e. The highest BCUT2D eigenvalue weighted by Crippen LogP contribution is 2.34. The summed E-state index contributed by atoms with van der Waals surface area (Å²) < 4.78 is 34.6. The Kier molecular flexibility index (Phi) is 67.1. The fourth-order valence-electron chi connectivity index (χ4n) is 15.8. The van der Waals surface area contributed by atoms with E-state index in [9.17, 15) is 61.0 Å². The number of ether oxygens (including phenoxy) is 6. The van der Waals surface area contributed by atoms with Crippen LogP contribution in [-0.4, -0.2) is 193 Å². The molecule has 0 bridgehead atoms. The molecule has 3 aliphatic heterocycles. The van der Waals surface area contributed by atoms with Crippen molar-refractivity contribution < 1.29 is 89.4 Å². The third-order valence-corrected chi connectivity index (χ3v) is 23.1. The lowest BCUT2D eigenvalue weighted by Gasteiger charge is -2.48. The number of hydrogen-bond acceptors (Lipinski definition) is 18. The van der Waals surface area contributed by atoms with Gasteiger partial charge in [0, 0.05) is 6.42 Å². The number of unbranched alkanes of at least 4 members (excludes halogenated alkanes) is 50. The minimum absolute atomic E-state index is 0.236. The molecule has 112 heavy (non-hydrogen) atoms. The Morgan fingerprint density at radius 3 is 0.964 bits per heavy atom. The van der Waals surface area contributed by atoms with Gasteiger partial charge >= 0.3 is 0 Å². The maximum atomic E-state index is 13.6. The summed E-state index contributed by atoms with van der Waals surface area (Å²) in [7, 11) is 0. The van der Waals surface area contributed by atoms with Gasteiger partial charge in [0.1, 0.15) is 73.2 Å². The molecule has 3 heterocycles. The molecule has 12 N–H and O–H groups in total. The van der Waals surface area contributed by atoms with E-state index in [0.29, 0.717) is 12.8 Å². The molecule has 0 aliphatic carbocycles. The van der Waals surface area contributed by atoms with Gasteiger partial charge < -0.3 is 89.9 Å². The molecule has 3 fully saturated rings. The first kappa shape index (κ1) is 104. The van der Waals surface area contributed by atoms with Gasteiger partial charge in [0.15, 0.2) is 18.9 Å². The van der Waals surface area contributed by atoms with E-state index in [1.165, 1.54) is 283 Å². The molecule has 3 rings (SSSR count). The summed E-state index contributed by atoms with van der Waals surface area (Å²) in [4.78, 5) is 13.6. The molecule has 3 saturated heterocycles. The van der Waals surface area contributed by atoms with E-state index in [1.807, 2.05) is 0 Å². The van der Waals surface area contributed by atoms with E-state index in [-0.39, 0.29) is 18.9 Å². The summed E-state index contributed by atoms with van der Waals surface area (Å²) >= 11 is 0. The molecule has 0 saturated carbocycles. The lowest BCUT2D eigenvalue weighted by molar-refractivity contribution is -0.379. The Hall–Kier alpha value is -2.51. The number of carbonyl (C=O) groups is 1. The topological polar surface area (TPSA) is 307 Å². The average molecular weight is 1590 g/mol. The molecule has 0 spiro atoms. The van der Waals surface area contributed by atoms with Gasteiger partial charge in [0.2, 0.25) is 5.91 Å². The number of carbonyl (C=O) groups excluding carboxylic acids is 1. The maximum Gasteiger partial charge on any atom is 0.220 e. The molecule has 17 atom stereocenters. The summed E-state index contributed by atoms with van der Waals surface area (Å²) in [6.45, 7) is 1.75. The molecule has 3 aliphatic rings. The number of amides is 1.